The van der Waals surface area contributed by atoms with Gasteiger partial charge in [0.05, 0.1) is 6.04 Å². The summed E-state index contributed by atoms with van der Waals surface area (Å²) in [4.78, 5) is 28.5. The van der Waals surface area contributed by atoms with Crippen molar-refractivity contribution < 1.29 is 9.59 Å². The number of rotatable bonds is 9. The number of carbonyl (C=O) groups is 2. The molecule has 0 aromatic heterocycles. The quantitative estimate of drug-likeness (QED) is 0.267. The van der Waals surface area contributed by atoms with E-state index in [9.17, 15) is 9.59 Å². The highest BCUT2D eigenvalue weighted by Gasteiger charge is 2.41. The number of aryl methyl sites for hydroxylation is 2. The summed E-state index contributed by atoms with van der Waals surface area (Å²) in [5.74, 6) is -0.300. The van der Waals surface area contributed by atoms with Gasteiger partial charge in [-0.2, -0.15) is 0 Å². The first-order chi connectivity index (χ1) is 17.8. The van der Waals surface area contributed by atoms with Crippen LogP contribution in [-0.4, -0.2) is 41.2 Å². The maximum atomic E-state index is 13.5. The van der Waals surface area contributed by atoms with Crippen LogP contribution in [0.3, 0.4) is 0 Å². The van der Waals surface area contributed by atoms with Crippen LogP contribution in [0.25, 0.3) is 0 Å². The third kappa shape index (κ3) is 6.62. The first kappa shape index (κ1) is 26.1. The van der Waals surface area contributed by atoms with E-state index >= 15 is 0 Å². The van der Waals surface area contributed by atoms with E-state index in [-0.39, 0.29) is 23.6 Å². The van der Waals surface area contributed by atoms with Crippen LogP contribution in [0.5, 0.6) is 0 Å². The monoisotopic (exact) mass is 497 g/mol. The zero-order valence-corrected chi connectivity index (χ0v) is 21.2. The molecule has 4 rings (SSSR count). The molecule has 3 atom stereocenters. The van der Waals surface area contributed by atoms with Gasteiger partial charge in [0.25, 0.3) is 0 Å². The molecule has 7 heteroatoms. The molecule has 1 saturated heterocycles. The van der Waals surface area contributed by atoms with Crippen molar-refractivity contribution >= 4 is 17.6 Å². The molecule has 0 bridgehead atoms. The van der Waals surface area contributed by atoms with Crippen LogP contribution in [0.1, 0.15) is 46.6 Å². The molecule has 37 heavy (non-hydrogen) atoms. The molecule has 0 radical (unpaired) electrons. The number of amides is 2. The molecule has 7 nitrogen and oxygen atoms in total. The van der Waals surface area contributed by atoms with Gasteiger partial charge < -0.3 is 21.7 Å². The Bertz CT molecular complexity index is 1240. The fourth-order valence-electron chi connectivity index (χ4n) is 4.93. The van der Waals surface area contributed by atoms with Crippen LogP contribution in [0, 0.1) is 12.3 Å². The Hall–Kier alpha value is -3.97. The van der Waals surface area contributed by atoms with Crippen LogP contribution >= 0.6 is 0 Å². The van der Waals surface area contributed by atoms with E-state index in [0.29, 0.717) is 37.9 Å². The zero-order valence-electron chi connectivity index (χ0n) is 21.2. The summed E-state index contributed by atoms with van der Waals surface area (Å²) in [7, 11) is 0. The molecule has 192 valence electrons. The van der Waals surface area contributed by atoms with E-state index in [4.69, 9.17) is 16.9 Å². The number of hydrogen-bond donors (Lipinski definition) is 4. The summed E-state index contributed by atoms with van der Waals surface area (Å²) in [5.41, 5.74) is 16.9. The molecule has 6 N–H and O–H groups in total. The Balaban J connectivity index is 1.44. The molecule has 2 amide bonds. The van der Waals surface area contributed by atoms with Crippen molar-refractivity contribution in [3.05, 3.63) is 107 Å². The van der Waals surface area contributed by atoms with Gasteiger partial charge in [0.15, 0.2) is 0 Å². The Kier molecular flexibility index (Phi) is 8.36. The molecule has 1 aliphatic rings. The van der Waals surface area contributed by atoms with E-state index in [1.807, 2.05) is 67.6 Å². The molecule has 0 unspecified atom stereocenters. The molecular weight excluding hydrogens is 462 g/mol. The van der Waals surface area contributed by atoms with Crippen LogP contribution < -0.4 is 16.8 Å². The smallest absolute Gasteiger partial charge is 0.243 e. The average Bonchev–Trinajstić information content (AvgIpc) is 3.36. The SMILES string of the molecule is Cc1cccc(CC[C@@H](N)C(=O)N2C[C@H](c3ccccc3)C[C@H]2C(=O)NCc2ccc(C(=N)N)cc2)c1. The van der Waals surface area contributed by atoms with Crippen LogP contribution in [0.2, 0.25) is 0 Å². The van der Waals surface area contributed by atoms with E-state index in [0.717, 1.165) is 16.7 Å². The fraction of sp³-hybridized carbons (Fsp3) is 0.300. The van der Waals surface area contributed by atoms with Crippen LogP contribution in [0.15, 0.2) is 78.9 Å². The second-order valence-electron chi connectivity index (χ2n) is 9.81. The lowest BCUT2D eigenvalue weighted by Crippen LogP contribution is -2.51. The Labute approximate surface area is 218 Å². The summed E-state index contributed by atoms with van der Waals surface area (Å²) in [5, 5.41) is 10.5. The minimum Gasteiger partial charge on any atom is -0.384 e. The topological polar surface area (TPSA) is 125 Å². The minimum atomic E-state index is -0.676. The van der Waals surface area contributed by atoms with Crippen LogP contribution in [-0.2, 0) is 22.6 Å². The molecule has 3 aromatic rings. The molecular formula is C30H35N5O2. The number of nitrogen functional groups attached to an aromatic ring is 1. The van der Waals surface area contributed by atoms with E-state index in [1.54, 1.807) is 17.0 Å². The summed E-state index contributed by atoms with van der Waals surface area (Å²) in [6.07, 6.45) is 1.78. The first-order valence-electron chi connectivity index (χ1n) is 12.7. The molecule has 0 saturated carbocycles. The molecule has 3 aromatic carbocycles. The Morgan fingerprint density at radius 1 is 1.03 bits per heavy atom. The number of nitrogens with one attached hydrogen (secondary N) is 2. The summed E-state index contributed by atoms with van der Waals surface area (Å²) >= 11 is 0. The number of nitrogens with two attached hydrogens (primary N) is 2. The van der Waals surface area contributed by atoms with E-state index in [1.165, 1.54) is 5.56 Å². The Morgan fingerprint density at radius 2 is 1.76 bits per heavy atom. The predicted octanol–water partition coefficient (Wildman–Crippen LogP) is 3.24. The maximum absolute atomic E-state index is 13.5. The van der Waals surface area contributed by atoms with Gasteiger partial charge in [0, 0.05) is 24.6 Å². The van der Waals surface area contributed by atoms with Crippen molar-refractivity contribution in [1.29, 1.82) is 5.41 Å². The third-order valence-electron chi connectivity index (χ3n) is 7.03. The third-order valence-corrected chi connectivity index (χ3v) is 7.03. The second kappa shape index (κ2) is 11.8. The van der Waals surface area contributed by atoms with E-state index in [2.05, 4.69) is 11.4 Å². The lowest BCUT2D eigenvalue weighted by atomic mass is 9.96. The van der Waals surface area contributed by atoms with Crippen molar-refractivity contribution in [3.63, 3.8) is 0 Å². The number of hydrogen-bond acceptors (Lipinski definition) is 4. The first-order valence-corrected chi connectivity index (χ1v) is 12.7. The van der Waals surface area contributed by atoms with Crippen molar-refractivity contribution in [2.75, 3.05) is 6.54 Å². The zero-order chi connectivity index (χ0) is 26.4. The van der Waals surface area contributed by atoms with Gasteiger partial charge in [-0.1, -0.05) is 84.4 Å². The van der Waals surface area contributed by atoms with Crippen molar-refractivity contribution in [3.8, 4) is 0 Å². The Morgan fingerprint density at radius 3 is 2.43 bits per heavy atom. The molecule has 1 fully saturated rings. The molecule has 1 aliphatic heterocycles. The van der Waals surface area contributed by atoms with E-state index < -0.39 is 12.1 Å². The van der Waals surface area contributed by atoms with Crippen molar-refractivity contribution in [2.24, 2.45) is 11.5 Å². The summed E-state index contributed by atoms with van der Waals surface area (Å²) < 4.78 is 0. The predicted molar refractivity (Wildman–Crippen MR) is 146 cm³/mol. The van der Waals surface area contributed by atoms with Gasteiger partial charge in [0.2, 0.25) is 11.8 Å². The van der Waals surface area contributed by atoms with Gasteiger partial charge >= 0.3 is 0 Å². The average molecular weight is 498 g/mol. The van der Waals surface area contributed by atoms with Gasteiger partial charge in [-0.05, 0) is 42.9 Å². The normalized spacial score (nSPS) is 17.8. The minimum absolute atomic E-state index is 0.00128. The number of carbonyl (C=O) groups excluding carboxylic acids is 2. The number of likely N-dealkylation sites (tertiary alicyclic amines) is 1. The van der Waals surface area contributed by atoms with Gasteiger partial charge in [-0.3, -0.25) is 15.0 Å². The lowest BCUT2D eigenvalue weighted by Gasteiger charge is -2.27. The summed E-state index contributed by atoms with van der Waals surface area (Å²) in [6, 6.07) is 24.1. The molecule has 0 aliphatic carbocycles. The number of amidine groups is 1. The number of benzene rings is 3. The maximum Gasteiger partial charge on any atom is 0.243 e. The van der Waals surface area contributed by atoms with Gasteiger partial charge in [-0.25, -0.2) is 0 Å². The largest absolute Gasteiger partial charge is 0.384 e. The molecule has 0 spiro atoms. The highest BCUT2D eigenvalue weighted by molar-refractivity contribution is 5.95. The highest BCUT2D eigenvalue weighted by atomic mass is 16.2. The van der Waals surface area contributed by atoms with Crippen molar-refractivity contribution in [1.82, 2.24) is 10.2 Å². The number of nitrogens with zero attached hydrogens (tertiary/aromatic N) is 1. The van der Waals surface area contributed by atoms with Gasteiger partial charge in [-0.15, -0.1) is 0 Å². The highest BCUT2D eigenvalue weighted by Crippen LogP contribution is 2.32. The summed E-state index contributed by atoms with van der Waals surface area (Å²) in [6.45, 7) is 2.83. The molecule has 1 heterocycles. The van der Waals surface area contributed by atoms with Crippen molar-refractivity contribution in [2.45, 2.75) is 50.7 Å². The fourth-order valence-corrected chi connectivity index (χ4v) is 4.93. The standard InChI is InChI=1S/C30H35N5O2/c1-20-6-5-7-21(16-20)12-15-26(31)30(37)35-19-25(23-8-3-2-4-9-23)17-27(35)29(36)34-18-22-10-13-24(14-11-22)28(32)33/h2-11,13-14,16,25-27H,12,15,17-19,31H2,1H3,(H3,32,33)(H,34,36)/t25-,26-,27+/m1/s1. The van der Waals surface area contributed by atoms with Gasteiger partial charge in [0.1, 0.15) is 11.9 Å². The van der Waals surface area contributed by atoms with Crippen LogP contribution in [0.4, 0.5) is 0 Å². The second-order valence-corrected chi connectivity index (χ2v) is 9.81. The lowest BCUT2D eigenvalue weighted by molar-refractivity contribution is -0.139.